The lowest BCUT2D eigenvalue weighted by Gasteiger charge is -2.21. The van der Waals surface area contributed by atoms with E-state index in [1.54, 1.807) is 7.11 Å². The Morgan fingerprint density at radius 3 is 2.32 bits per heavy atom. The van der Waals surface area contributed by atoms with Gasteiger partial charge in [-0.2, -0.15) is 0 Å². The predicted octanol–water partition coefficient (Wildman–Crippen LogP) is 2.86. The van der Waals surface area contributed by atoms with Crippen molar-refractivity contribution >= 4 is 6.03 Å². The standard InChI is InChI=1S/C20H24N2O3/c1-25-17-9-7-16(8-10-17)18(15-5-3-2-4-6-15)22-19(24)21-13-20(14-23)11-12-20/h2-10,18,23H,11-14H2,1H3,(H2,21,22,24). The van der Waals surface area contributed by atoms with Gasteiger partial charge in [0.2, 0.25) is 0 Å². The monoisotopic (exact) mass is 340 g/mol. The van der Waals surface area contributed by atoms with E-state index in [0.29, 0.717) is 6.54 Å². The van der Waals surface area contributed by atoms with E-state index >= 15 is 0 Å². The first-order valence-corrected chi connectivity index (χ1v) is 8.50. The van der Waals surface area contributed by atoms with Crippen LogP contribution in [0.1, 0.15) is 30.0 Å². The topological polar surface area (TPSA) is 70.6 Å². The molecule has 0 heterocycles. The van der Waals surface area contributed by atoms with Gasteiger partial charge in [0.15, 0.2) is 0 Å². The lowest BCUT2D eigenvalue weighted by atomic mass is 9.99. The van der Waals surface area contributed by atoms with Gasteiger partial charge in [-0.05, 0) is 36.1 Å². The van der Waals surface area contributed by atoms with Gasteiger partial charge in [-0.15, -0.1) is 0 Å². The maximum absolute atomic E-state index is 12.4. The van der Waals surface area contributed by atoms with Crippen LogP contribution in [0, 0.1) is 5.41 Å². The van der Waals surface area contributed by atoms with Gasteiger partial charge in [0, 0.05) is 12.0 Å². The molecule has 1 fully saturated rings. The Balaban J connectivity index is 1.73. The molecule has 2 amide bonds. The lowest BCUT2D eigenvalue weighted by molar-refractivity contribution is 0.202. The molecular formula is C20H24N2O3. The molecule has 0 bridgehead atoms. The Bertz CT molecular complexity index is 697. The van der Waals surface area contributed by atoms with Gasteiger partial charge >= 0.3 is 6.03 Å². The summed E-state index contributed by atoms with van der Waals surface area (Å²) in [4.78, 5) is 12.4. The largest absolute Gasteiger partial charge is 0.497 e. The maximum atomic E-state index is 12.4. The molecule has 0 aromatic heterocycles. The van der Waals surface area contributed by atoms with Crippen LogP contribution in [-0.2, 0) is 0 Å². The summed E-state index contributed by atoms with van der Waals surface area (Å²) >= 11 is 0. The molecule has 1 aliphatic rings. The van der Waals surface area contributed by atoms with E-state index in [0.717, 1.165) is 29.7 Å². The summed E-state index contributed by atoms with van der Waals surface area (Å²) in [6, 6.07) is 17.0. The van der Waals surface area contributed by atoms with Gasteiger partial charge in [-0.1, -0.05) is 42.5 Å². The van der Waals surface area contributed by atoms with Crippen molar-refractivity contribution in [1.29, 1.82) is 0 Å². The molecule has 25 heavy (non-hydrogen) atoms. The van der Waals surface area contributed by atoms with E-state index in [1.807, 2.05) is 54.6 Å². The van der Waals surface area contributed by atoms with E-state index in [2.05, 4.69) is 10.6 Å². The molecule has 1 unspecified atom stereocenters. The van der Waals surface area contributed by atoms with E-state index in [-0.39, 0.29) is 24.1 Å². The zero-order chi connectivity index (χ0) is 17.7. The fraction of sp³-hybridized carbons (Fsp3) is 0.350. The van der Waals surface area contributed by atoms with Crippen LogP contribution in [0.4, 0.5) is 4.79 Å². The van der Waals surface area contributed by atoms with Crippen LogP contribution >= 0.6 is 0 Å². The molecule has 0 aliphatic heterocycles. The Morgan fingerprint density at radius 1 is 1.12 bits per heavy atom. The van der Waals surface area contributed by atoms with Gasteiger partial charge in [0.05, 0.1) is 19.8 Å². The number of aliphatic hydroxyl groups is 1. The molecule has 5 nitrogen and oxygen atoms in total. The number of benzene rings is 2. The summed E-state index contributed by atoms with van der Waals surface area (Å²) in [7, 11) is 1.63. The number of ether oxygens (including phenoxy) is 1. The van der Waals surface area contributed by atoms with Crippen molar-refractivity contribution in [2.75, 3.05) is 20.3 Å². The lowest BCUT2D eigenvalue weighted by Crippen LogP contribution is -2.41. The zero-order valence-corrected chi connectivity index (χ0v) is 14.4. The number of urea groups is 1. The number of amides is 2. The molecule has 2 aromatic rings. The third kappa shape index (κ3) is 4.31. The second-order valence-electron chi connectivity index (χ2n) is 6.60. The van der Waals surface area contributed by atoms with Crippen LogP contribution in [0.5, 0.6) is 5.75 Å². The van der Waals surface area contributed by atoms with Crippen molar-refractivity contribution in [3.05, 3.63) is 65.7 Å². The molecule has 0 radical (unpaired) electrons. The van der Waals surface area contributed by atoms with Crippen molar-refractivity contribution < 1.29 is 14.6 Å². The first-order chi connectivity index (χ1) is 12.2. The van der Waals surface area contributed by atoms with E-state index in [4.69, 9.17) is 4.74 Å². The first kappa shape index (κ1) is 17.3. The zero-order valence-electron chi connectivity index (χ0n) is 14.4. The number of carbonyl (C=O) groups excluding carboxylic acids is 1. The van der Waals surface area contributed by atoms with Gasteiger partial charge in [0.1, 0.15) is 5.75 Å². The second-order valence-corrected chi connectivity index (χ2v) is 6.60. The fourth-order valence-electron chi connectivity index (χ4n) is 2.82. The highest BCUT2D eigenvalue weighted by Crippen LogP contribution is 2.44. The van der Waals surface area contributed by atoms with Crippen LogP contribution < -0.4 is 15.4 Å². The molecule has 3 N–H and O–H groups in total. The Labute approximate surface area is 148 Å². The minimum absolute atomic E-state index is 0.111. The van der Waals surface area contributed by atoms with E-state index < -0.39 is 0 Å². The summed E-state index contributed by atoms with van der Waals surface area (Å²) in [5, 5.41) is 15.3. The third-order valence-electron chi connectivity index (χ3n) is 4.77. The molecule has 1 saturated carbocycles. The summed E-state index contributed by atoms with van der Waals surface area (Å²) in [6.45, 7) is 0.618. The second kappa shape index (κ2) is 7.57. The van der Waals surface area contributed by atoms with Gasteiger partial charge in [-0.3, -0.25) is 0 Å². The number of nitrogens with one attached hydrogen (secondary N) is 2. The normalized spacial score (nSPS) is 15.9. The molecule has 2 aromatic carbocycles. The summed E-state index contributed by atoms with van der Waals surface area (Å²) in [5.74, 6) is 0.777. The molecule has 132 valence electrons. The van der Waals surface area contributed by atoms with Crippen LogP contribution in [0.2, 0.25) is 0 Å². The molecule has 1 atom stereocenters. The molecule has 5 heteroatoms. The SMILES string of the molecule is COc1ccc(C(NC(=O)NCC2(CO)CC2)c2ccccc2)cc1. The fourth-order valence-corrected chi connectivity index (χ4v) is 2.82. The predicted molar refractivity (Wildman–Crippen MR) is 96.6 cm³/mol. The van der Waals surface area contributed by atoms with Crippen molar-refractivity contribution in [2.24, 2.45) is 5.41 Å². The smallest absolute Gasteiger partial charge is 0.315 e. The average molecular weight is 340 g/mol. The van der Waals surface area contributed by atoms with Crippen molar-refractivity contribution in [3.63, 3.8) is 0 Å². The van der Waals surface area contributed by atoms with Gasteiger partial charge in [0.25, 0.3) is 0 Å². The molecule has 1 aliphatic carbocycles. The summed E-state index contributed by atoms with van der Waals surface area (Å²) in [6.07, 6.45) is 1.93. The average Bonchev–Trinajstić information content (AvgIpc) is 3.46. The highest BCUT2D eigenvalue weighted by atomic mass is 16.5. The summed E-state index contributed by atoms with van der Waals surface area (Å²) in [5.41, 5.74) is 1.87. The highest BCUT2D eigenvalue weighted by Gasteiger charge is 2.42. The first-order valence-electron chi connectivity index (χ1n) is 8.50. The van der Waals surface area contributed by atoms with Crippen LogP contribution in [0.3, 0.4) is 0 Å². The third-order valence-corrected chi connectivity index (χ3v) is 4.77. The minimum Gasteiger partial charge on any atom is -0.497 e. The number of hydrogen-bond acceptors (Lipinski definition) is 3. The van der Waals surface area contributed by atoms with E-state index in [1.165, 1.54) is 0 Å². The van der Waals surface area contributed by atoms with Crippen molar-refractivity contribution in [1.82, 2.24) is 10.6 Å². The molecule has 0 spiro atoms. The Hall–Kier alpha value is -2.53. The Morgan fingerprint density at radius 2 is 1.76 bits per heavy atom. The number of hydrogen-bond donors (Lipinski definition) is 3. The van der Waals surface area contributed by atoms with E-state index in [9.17, 15) is 9.90 Å². The molecule has 3 rings (SSSR count). The van der Waals surface area contributed by atoms with Gasteiger partial charge < -0.3 is 20.5 Å². The van der Waals surface area contributed by atoms with Crippen LogP contribution in [-0.4, -0.2) is 31.4 Å². The number of carbonyl (C=O) groups is 1. The molecular weight excluding hydrogens is 316 g/mol. The van der Waals surface area contributed by atoms with Crippen molar-refractivity contribution in [2.45, 2.75) is 18.9 Å². The number of methoxy groups -OCH3 is 1. The maximum Gasteiger partial charge on any atom is 0.315 e. The number of aliphatic hydroxyl groups excluding tert-OH is 1. The van der Waals surface area contributed by atoms with Crippen molar-refractivity contribution in [3.8, 4) is 5.75 Å². The highest BCUT2D eigenvalue weighted by molar-refractivity contribution is 5.75. The quantitative estimate of drug-likeness (QED) is 0.726. The van der Waals surface area contributed by atoms with Crippen LogP contribution in [0.15, 0.2) is 54.6 Å². The Kier molecular flexibility index (Phi) is 5.24. The summed E-state index contributed by atoms with van der Waals surface area (Å²) < 4.78 is 5.21. The minimum atomic E-state index is -0.253. The van der Waals surface area contributed by atoms with Gasteiger partial charge in [-0.25, -0.2) is 4.79 Å². The molecule has 0 saturated heterocycles. The van der Waals surface area contributed by atoms with Crippen LogP contribution in [0.25, 0.3) is 0 Å². The number of rotatable bonds is 7.